The average molecular weight is 373 g/mol. The number of hydrogen-bond donors (Lipinski definition) is 1. The normalized spacial score (nSPS) is 9.38. The summed E-state index contributed by atoms with van der Waals surface area (Å²) in [6.07, 6.45) is 0.745. The summed E-state index contributed by atoms with van der Waals surface area (Å²) in [4.78, 5) is 0. The van der Waals surface area contributed by atoms with E-state index in [1.54, 1.807) is 6.92 Å². The summed E-state index contributed by atoms with van der Waals surface area (Å²) in [5, 5.41) is 8.36. The molecule has 0 bridgehead atoms. The predicted molar refractivity (Wildman–Crippen MR) is 35.4 cm³/mol. The molecule has 0 amide bonds. The summed E-state index contributed by atoms with van der Waals surface area (Å²) in [6, 6.07) is 0. The van der Waals surface area contributed by atoms with Crippen LogP contribution < -0.4 is 0 Å². The molecule has 0 heterocycles. The van der Waals surface area contributed by atoms with Crippen molar-refractivity contribution < 1.29 is 5.11 Å². The van der Waals surface area contributed by atoms with Crippen LogP contribution in [0.3, 0.4) is 0 Å². The number of aliphatic hydroxyl groups excluding tert-OH is 1. The van der Waals surface area contributed by atoms with Crippen molar-refractivity contribution in [2.24, 2.45) is 0 Å². The maximum absolute atomic E-state index is 8.36. The fourth-order valence-corrected chi connectivity index (χ4v) is 0. The minimum absolute atomic E-state index is 0. The Kier molecular flexibility index (Phi) is 59.0. The fourth-order valence-electron chi connectivity index (χ4n) is 0. The Bertz CT molecular complexity index is 22.5. The monoisotopic (exact) mass is 373 g/mol. The van der Waals surface area contributed by atoms with Gasteiger partial charge in [-0.05, 0) is 13.3 Å². The van der Waals surface area contributed by atoms with Crippen LogP contribution in [-0.2, 0) is 0 Å². The van der Waals surface area contributed by atoms with Gasteiger partial charge in [-0.3, -0.25) is 0 Å². The van der Waals surface area contributed by atoms with Crippen LogP contribution in [0.25, 0.3) is 0 Å². The Morgan fingerprint density at radius 1 is 1.38 bits per heavy atom. The quantitative estimate of drug-likeness (QED) is 0.746. The molecule has 0 radical (unpaired) electrons. The molecule has 0 saturated heterocycles. The van der Waals surface area contributed by atoms with Crippen LogP contribution in [0.4, 0.5) is 0 Å². The molecule has 1 unspecified atom stereocenters. The van der Waals surface area contributed by atoms with Gasteiger partial charge >= 0.3 is 0 Å². The Hall–Kier alpha value is -1.04. The molecule has 2 heteroatoms. The van der Waals surface area contributed by atoms with Crippen LogP contribution in [0.5, 0.6) is 0 Å². The van der Waals surface area contributed by atoms with E-state index in [0.29, 0.717) is 0 Å². The van der Waals surface area contributed by atoms with Crippen molar-refractivity contribution in [3.63, 3.8) is 0 Å². The van der Waals surface area contributed by atoms with Crippen LogP contribution >= 0.6 is 0 Å². The molecule has 0 spiro atoms. The van der Waals surface area contributed by atoms with Crippen molar-refractivity contribution in [3.05, 3.63) is 0 Å². The van der Waals surface area contributed by atoms with Crippen LogP contribution in [0.15, 0.2) is 0 Å². The zero-order valence-corrected chi connectivity index (χ0v) is 10.8. The van der Waals surface area contributed by atoms with Crippen molar-refractivity contribution >= 4 is 0 Å². The molecular weight excluding hydrogens is 355 g/mol. The summed E-state index contributed by atoms with van der Waals surface area (Å²) in [5.41, 5.74) is 0. The third-order valence-electron chi connectivity index (χ3n) is 0.591. The Balaban J connectivity index is -0.0000000267. The number of hydrogen-bond acceptors (Lipinski definition) is 1. The fraction of sp³-hybridized carbons (Fsp3) is 1.00. The van der Waals surface area contributed by atoms with Crippen LogP contribution in [0.2, 0.25) is 0 Å². The molecule has 0 rings (SSSR count). The number of rotatable bonds is 1. The first-order chi connectivity index (χ1) is 2.27. The first-order valence-electron chi connectivity index (χ1n) is 1.95. The van der Waals surface area contributed by atoms with Crippen molar-refractivity contribution in [2.75, 3.05) is 0 Å². The van der Waals surface area contributed by atoms with Crippen molar-refractivity contribution in [3.8, 4) is 0 Å². The van der Waals surface area contributed by atoms with Gasteiger partial charge in [0, 0.05) is 0 Å². The summed E-state index contributed by atoms with van der Waals surface area (Å²) in [6.45, 7) is 3.73. The van der Waals surface area contributed by atoms with Crippen molar-refractivity contribution in [2.45, 2.75) is 41.2 Å². The number of aliphatic hydroxyl groups is 1. The summed E-state index contributed by atoms with van der Waals surface area (Å²) in [5.74, 6) is 0. The van der Waals surface area contributed by atoms with Crippen LogP contribution in [-0.4, -0.2) is 11.2 Å². The zero-order chi connectivity index (χ0) is 4.28. The second kappa shape index (κ2) is 16.7. The molecule has 0 aromatic carbocycles. The van der Waals surface area contributed by atoms with Gasteiger partial charge in [-0.1, -0.05) is 21.8 Å². The minimum Gasteiger partial charge on any atom is -0.393 e. The van der Waals surface area contributed by atoms with Crippen molar-refractivity contribution in [1.82, 2.24) is 0 Å². The van der Waals surface area contributed by atoms with E-state index in [2.05, 4.69) is 0 Å². The molecule has 1 nitrogen and oxygen atoms in total. The van der Waals surface area contributed by atoms with Gasteiger partial charge in [-0.15, -0.1) is 0 Å². The zero-order valence-electron chi connectivity index (χ0n) is 4.44. The SMILES string of the molecule is C.C.CCC(C)O.[Rf]. The van der Waals surface area contributed by atoms with E-state index >= 15 is 0 Å². The minimum atomic E-state index is -0.116. The predicted octanol–water partition coefficient (Wildman–Crippen LogP) is 2.05. The Labute approximate surface area is 47.4 Å². The summed E-state index contributed by atoms with van der Waals surface area (Å²) >= 11 is 0. The largest absolute Gasteiger partial charge is 0.393 e. The van der Waals surface area contributed by atoms with Gasteiger partial charge in [0.15, 0.2) is 0 Å². The molecular formula is C6H18ORf. The molecule has 1 N–H and O–H groups in total. The van der Waals surface area contributed by atoms with E-state index < -0.39 is 0 Å². The standard InChI is InChI=1S/C4H10O.2CH4.Rf/c1-3-4(2)5;;;/h4-5H,3H2,1-2H3;2*1H4;. The molecule has 50 valence electrons. The molecule has 0 saturated carbocycles. The van der Waals surface area contributed by atoms with E-state index in [-0.39, 0.29) is 21.0 Å². The Morgan fingerprint density at radius 3 is 1.50 bits per heavy atom. The van der Waals surface area contributed by atoms with Gasteiger partial charge in [0.1, 0.15) is 0 Å². The topological polar surface area (TPSA) is 20.2 Å². The maximum Gasteiger partial charge on any atom is 0.0509 e. The average Bonchev–Trinajstić information content (AvgIpc) is 1.38. The second-order valence-corrected chi connectivity index (χ2v) is 1.26. The molecule has 0 aromatic rings. The van der Waals surface area contributed by atoms with E-state index in [1.807, 2.05) is 6.92 Å². The van der Waals surface area contributed by atoms with Gasteiger partial charge in [0.05, 0.1) is 6.10 Å². The van der Waals surface area contributed by atoms with Crippen LogP contribution in [0.1, 0.15) is 35.1 Å². The van der Waals surface area contributed by atoms with Gasteiger partial charge in [-0.2, -0.15) is 0 Å². The van der Waals surface area contributed by atoms with Gasteiger partial charge in [0.25, 0.3) is 0 Å². The third-order valence-corrected chi connectivity index (χ3v) is 0.591. The van der Waals surface area contributed by atoms with Crippen LogP contribution in [0, 0.1) is 0 Å². The molecule has 1 atom stereocenters. The smallest absolute Gasteiger partial charge is 0.0509 e. The van der Waals surface area contributed by atoms with E-state index in [1.165, 1.54) is 0 Å². The molecule has 0 fully saturated rings. The first-order valence-corrected chi connectivity index (χ1v) is 1.95. The third kappa shape index (κ3) is 84.4. The Morgan fingerprint density at radius 2 is 1.50 bits per heavy atom. The van der Waals surface area contributed by atoms with Gasteiger partial charge in [-0.25, -0.2) is 0 Å². The summed E-state index contributed by atoms with van der Waals surface area (Å²) < 4.78 is 0. The molecule has 8 heavy (non-hydrogen) atoms. The van der Waals surface area contributed by atoms with E-state index in [4.69, 9.17) is 5.11 Å². The summed E-state index contributed by atoms with van der Waals surface area (Å²) in [7, 11) is 0. The molecule has 0 aromatic heterocycles. The molecule has 0 aliphatic carbocycles. The second-order valence-electron chi connectivity index (χ2n) is 1.26. The first kappa shape index (κ1) is 28.2. The van der Waals surface area contributed by atoms with Gasteiger partial charge in [0.2, 0.25) is 0 Å². The molecule has 0 aliphatic heterocycles. The van der Waals surface area contributed by atoms with E-state index in [0.717, 1.165) is 6.42 Å². The molecule has 0 aliphatic rings. The van der Waals surface area contributed by atoms with Gasteiger partial charge < -0.3 is 5.11 Å². The van der Waals surface area contributed by atoms with E-state index in [9.17, 15) is 0 Å². The van der Waals surface area contributed by atoms with Crippen molar-refractivity contribution in [1.29, 1.82) is 0 Å². The maximum atomic E-state index is 8.36.